The van der Waals surface area contributed by atoms with Gasteiger partial charge in [-0.15, -0.1) is 0 Å². The normalized spacial score (nSPS) is 10.8. The minimum atomic E-state index is -2.59. The Hall–Kier alpha value is -4.15. The van der Waals surface area contributed by atoms with Crippen LogP contribution in [0.3, 0.4) is 0 Å². The maximum absolute atomic E-state index is 13.3. The van der Waals surface area contributed by atoms with Crippen LogP contribution >= 0.6 is 0 Å². The van der Waals surface area contributed by atoms with Crippen molar-refractivity contribution in [1.29, 1.82) is 0 Å². The fourth-order valence-electron chi connectivity index (χ4n) is 2.99. The molecule has 0 heterocycles. The zero-order valence-corrected chi connectivity index (χ0v) is 22.6. The van der Waals surface area contributed by atoms with Crippen molar-refractivity contribution >= 4 is 45.8 Å². The van der Waals surface area contributed by atoms with Crippen molar-refractivity contribution in [1.82, 2.24) is 0 Å². The summed E-state index contributed by atoms with van der Waals surface area (Å²) >= 11 is 0. The molecular weight excluding hydrogens is 721 g/mol. The summed E-state index contributed by atoms with van der Waals surface area (Å²) in [5.74, 6) is -51.3. The van der Waals surface area contributed by atoms with Gasteiger partial charge in [-0.2, -0.15) is 0 Å². The molecule has 4 rings (SSSR count). The van der Waals surface area contributed by atoms with Gasteiger partial charge in [0.1, 0.15) is 46.5 Å². The SMILES string of the molecule is Fc1c(F)c(F)c([N-]c2c(F)c(F)c(F)c(F)c2F)c(F)c1F.Fc1c(F)c(F)c([N-]c2c(F)c(F)c(F)c(F)c2F)c(F)c1F.[Mg+2]. The van der Waals surface area contributed by atoms with Gasteiger partial charge in [0.15, 0.2) is 69.8 Å². The van der Waals surface area contributed by atoms with Crippen molar-refractivity contribution in [2.75, 3.05) is 0 Å². The first-order valence-electron chi connectivity index (χ1n) is 10.7. The van der Waals surface area contributed by atoms with E-state index in [9.17, 15) is 87.8 Å². The monoisotopic (exact) mass is 720 g/mol. The molecule has 4 aromatic rings. The summed E-state index contributed by atoms with van der Waals surface area (Å²) in [6.07, 6.45) is 0. The van der Waals surface area contributed by atoms with Crippen LogP contribution in [0.25, 0.3) is 10.6 Å². The molecule has 0 aliphatic carbocycles. The molecule has 23 heteroatoms. The minimum absolute atomic E-state index is 0. The summed E-state index contributed by atoms with van der Waals surface area (Å²) in [5, 5.41) is 4.74. The first-order chi connectivity index (χ1) is 21.2. The largest absolute Gasteiger partial charge is 2.00 e. The van der Waals surface area contributed by atoms with E-state index in [1.807, 2.05) is 0 Å². The molecule has 0 aromatic heterocycles. The van der Waals surface area contributed by atoms with E-state index < -0.39 is 139 Å². The molecule has 47 heavy (non-hydrogen) atoms. The molecule has 0 N–H and O–H groups in total. The predicted molar refractivity (Wildman–Crippen MR) is 116 cm³/mol. The van der Waals surface area contributed by atoms with Crippen LogP contribution in [-0.4, -0.2) is 23.1 Å². The molecule has 0 aliphatic heterocycles. The predicted octanol–water partition coefficient (Wildman–Crippen LogP) is 10.4. The molecule has 0 bridgehead atoms. The van der Waals surface area contributed by atoms with E-state index in [-0.39, 0.29) is 23.1 Å². The van der Waals surface area contributed by atoms with E-state index in [1.54, 1.807) is 0 Å². The van der Waals surface area contributed by atoms with Gasteiger partial charge in [-0.1, -0.05) is 22.7 Å². The average Bonchev–Trinajstić information content (AvgIpc) is 3.04. The Morgan fingerprint density at radius 3 is 0.362 bits per heavy atom. The zero-order chi connectivity index (χ0) is 35.3. The van der Waals surface area contributed by atoms with Gasteiger partial charge in [-0.25, -0.2) is 87.8 Å². The van der Waals surface area contributed by atoms with Crippen molar-refractivity contribution in [3.8, 4) is 0 Å². The Labute approximate surface area is 260 Å². The van der Waals surface area contributed by atoms with Crippen LogP contribution in [0.5, 0.6) is 0 Å². The van der Waals surface area contributed by atoms with Gasteiger partial charge in [-0.05, 0) is 0 Å². The molecule has 0 spiro atoms. The van der Waals surface area contributed by atoms with E-state index in [2.05, 4.69) is 10.6 Å². The molecule has 0 unspecified atom stereocenters. The molecule has 0 radical (unpaired) electrons. The second-order valence-electron chi connectivity index (χ2n) is 7.90. The van der Waals surface area contributed by atoms with Gasteiger partial charge < -0.3 is 10.6 Å². The third kappa shape index (κ3) is 6.66. The first-order valence-corrected chi connectivity index (χ1v) is 10.7. The summed E-state index contributed by atoms with van der Waals surface area (Å²) in [6, 6.07) is 0. The van der Waals surface area contributed by atoms with Gasteiger partial charge in [0.25, 0.3) is 0 Å². The average molecular weight is 721 g/mol. The second-order valence-corrected chi connectivity index (χ2v) is 7.90. The molecule has 0 atom stereocenters. The van der Waals surface area contributed by atoms with Crippen molar-refractivity contribution < 1.29 is 87.8 Å². The van der Waals surface area contributed by atoms with Crippen LogP contribution in [0.4, 0.5) is 111 Å². The van der Waals surface area contributed by atoms with Gasteiger partial charge in [0.2, 0.25) is 0 Å². The third-order valence-corrected chi connectivity index (χ3v) is 5.19. The summed E-state index contributed by atoms with van der Waals surface area (Å²) in [4.78, 5) is 0. The van der Waals surface area contributed by atoms with Gasteiger partial charge in [0, 0.05) is 0 Å². The number of benzene rings is 4. The summed E-state index contributed by atoms with van der Waals surface area (Å²) in [7, 11) is 0. The molecule has 248 valence electrons. The second kappa shape index (κ2) is 14.3. The number of nitrogens with zero attached hydrogens (tertiary/aromatic N) is 2. The molecular formula is C24F20MgN2. The molecule has 0 fully saturated rings. The Morgan fingerprint density at radius 2 is 0.255 bits per heavy atom. The van der Waals surface area contributed by atoms with Crippen LogP contribution in [0, 0.1) is 116 Å². The fourth-order valence-corrected chi connectivity index (χ4v) is 2.99. The topological polar surface area (TPSA) is 28.2 Å². The minimum Gasteiger partial charge on any atom is -0.648 e. The Morgan fingerprint density at radius 1 is 0.170 bits per heavy atom. The Balaban J connectivity index is 0.000000320. The summed E-state index contributed by atoms with van der Waals surface area (Å²) in [6.45, 7) is 0. The van der Waals surface area contributed by atoms with Gasteiger partial charge in [-0.3, -0.25) is 0 Å². The number of halogens is 20. The Bertz CT molecular complexity index is 1530. The van der Waals surface area contributed by atoms with Crippen LogP contribution in [0.1, 0.15) is 0 Å². The smallest absolute Gasteiger partial charge is 0.648 e. The standard InChI is InChI=1S/2C12F10N.Mg/c2*13-1-3(15)7(19)11(8(20)4(1)16)23-12-9(21)5(17)2(14)6(18)10(12)22;/q2*-1;+2. The van der Waals surface area contributed by atoms with Crippen LogP contribution < -0.4 is 0 Å². The van der Waals surface area contributed by atoms with Crippen LogP contribution in [0.15, 0.2) is 0 Å². The van der Waals surface area contributed by atoms with Gasteiger partial charge in [0.05, 0.1) is 0 Å². The van der Waals surface area contributed by atoms with E-state index >= 15 is 0 Å². The summed E-state index contributed by atoms with van der Waals surface area (Å²) in [5.41, 5.74) is -8.43. The third-order valence-electron chi connectivity index (χ3n) is 5.19. The van der Waals surface area contributed by atoms with E-state index in [4.69, 9.17) is 0 Å². The van der Waals surface area contributed by atoms with Crippen LogP contribution in [-0.2, 0) is 0 Å². The summed E-state index contributed by atoms with van der Waals surface area (Å²) < 4.78 is 261. The maximum atomic E-state index is 13.3. The maximum Gasteiger partial charge on any atom is 2.00 e. The van der Waals surface area contributed by atoms with E-state index in [0.29, 0.717) is 0 Å². The quantitative estimate of drug-likeness (QED) is 0.0870. The van der Waals surface area contributed by atoms with E-state index in [1.165, 1.54) is 0 Å². The fraction of sp³-hybridized carbons (Fsp3) is 0. The first kappa shape index (κ1) is 39.0. The van der Waals surface area contributed by atoms with Crippen molar-refractivity contribution in [3.63, 3.8) is 0 Å². The molecule has 2 nitrogen and oxygen atoms in total. The number of hydrogen-bond acceptors (Lipinski definition) is 0. The van der Waals surface area contributed by atoms with Crippen LogP contribution in [0.2, 0.25) is 0 Å². The number of rotatable bonds is 4. The van der Waals surface area contributed by atoms with Crippen molar-refractivity contribution in [3.05, 3.63) is 127 Å². The molecule has 0 saturated heterocycles. The zero-order valence-electron chi connectivity index (χ0n) is 21.2. The van der Waals surface area contributed by atoms with E-state index in [0.717, 1.165) is 0 Å². The molecule has 4 aromatic carbocycles. The molecule has 0 saturated carbocycles. The molecule has 0 amide bonds. The van der Waals surface area contributed by atoms with Crippen molar-refractivity contribution in [2.45, 2.75) is 0 Å². The van der Waals surface area contributed by atoms with Gasteiger partial charge >= 0.3 is 23.1 Å². The Kier molecular flexibility index (Phi) is 11.9. The molecule has 0 aliphatic rings. The van der Waals surface area contributed by atoms with Crippen molar-refractivity contribution in [2.24, 2.45) is 0 Å². The number of hydrogen-bond donors (Lipinski definition) is 0.